The van der Waals surface area contributed by atoms with Gasteiger partial charge < -0.3 is 0 Å². The fraction of sp³-hybridized carbons (Fsp3) is 0.429. The second-order valence-electron chi connectivity index (χ2n) is 5.10. The highest BCUT2D eigenvalue weighted by molar-refractivity contribution is 6.30. The first kappa shape index (κ1) is 12.6. The van der Waals surface area contributed by atoms with Crippen molar-refractivity contribution in [3.63, 3.8) is 0 Å². The van der Waals surface area contributed by atoms with Crippen molar-refractivity contribution in [1.29, 1.82) is 0 Å². The summed E-state index contributed by atoms with van der Waals surface area (Å²) in [5.41, 5.74) is 2.48. The Labute approximate surface area is 116 Å². The number of hydrogen-bond donors (Lipinski definition) is 1. The number of piperidine rings is 1. The summed E-state index contributed by atoms with van der Waals surface area (Å²) in [6, 6.07) is 5.74. The standard InChI is InChI=1S/C14H15ClN2O2/c15-11-2-1-9-5-6-17(8-10(9)7-11)12-3-4-13(18)16-14(12)19/h1-2,7,12H,3-6,8H2,(H,16,18,19)/t12-/m1/s1. The summed E-state index contributed by atoms with van der Waals surface area (Å²) in [7, 11) is 0. The van der Waals surface area contributed by atoms with Gasteiger partial charge in [0.05, 0.1) is 6.04 Å². The number of halogens is 1. The van der Waals surface area contributed by atoms with Gasteiger partial charge in [-0.1, -0.05) is 17.7 Å². The van der Waals surface area contributed by atoms with Crippen molar-refractivity contribution < 1.29 is 9.59 Å². The minimum Gasteiger partial charge on any atom is -0.295 e. The Bertz CT molecular complexity index is 544. The van der Waals surface area contributed by atoms with Crippen LogP contribution in [0.1, 0.15) is 24.0 Å². The zero-order valence-electron chi connectivity index (χ0n) is 10.5. The molecule has 4 nitrogen and oxygen atoms in total. The van der Waals surface area contributed by atoms with E-state index >= 15 is 0 Å². The fourth-order valence-electron chi connectivity index (χ4n) is 2.84. The third-order valence-electron chi connectivity index (χ3n) is 3.86. The summed E-state index contributed by atoms with van der Waals surface area (Å²) in [6.45, 7) is 1.57. The molecule has 100 valence electrons. The molecule has 0 bridgehead atoms. The Hall–Kier alpha value is -1.39. The molecule has 2 amide bonds. The van der Waals surface area contributed by atoms with Crippen molar-refractivity contribution in [3.05, 3.63) is 34.3 Å². The molecule has 0 saturated carbocycles. The van der Waals surface area contributed by atoms with Crippen LogP contribution in [0.15, 0.2) is 18.2 Å². The predicted molar refractivity (Wildman–Crippen MR) is 71.7 cm³/mol. The Morgan fingerprint density at radius 2 is 2.05 bits per heavy atom. The smallest absolute Gasteiger partial charge is 0.243 e. The molecule has 2 aliphatic heterocycles. The van der Waals surface area contributed by atoms with Crippen LogP contribution in [0, 0.1) is 0 Å². The lowest BCUT2D eigenvalue weighted by atomic mass is 9.96. The van der Waals surface area contributed by atoms with Gasteiger partial charge >= 0.3 is 0 Å². The first-order chi connectivity index (χ1) is 9.13. The van der Waals surface area contributed by atoms with Crippen molar-refractivity contribution in [2.75, 3.05) is 6.54 Å². The van der Waals surface area contributed by atoms with Crippen LogP contribution in [0.3, 0.4) is 0 Å². The second-order valence-corrected chi connectivity index (χ2v) is 5.54. The van der Waals surface area contributed by atoms with Gasteiger partial charge in [0.2, 0.25) is 11.8 Å². The molecule has 2 aliphatic rings. The first-order valence-corrected chi connectivity index (χ1v) is 6.86. The van der Waals surface area contributed by atoms with Crippen LogP contribution in [0.2, 0.25) is 5.02 Å². The minimum atomic E-state index is -0.190. The van der Waals surface area contributed by atoms with Crippen LogP contribution >= 0.6 is 11.6 Å². The predicted octanol–water partition coefficient (Wildman–Crippen LogP) is 1.50. The van der Waals surface area contributed by atoms with Gasteiger partial charge in [0, 0.05) is 24.5 Å². The van der Waals surface area contributed by atoms with Crippen molar-refractivity contribution in [2.45, 2.75) is 31.8 Å². The summed E-state index contributed by atoms with van der Waals surface area (Å²) >= 11 is 6.02. The molecule has 0 aliphatic carbocycles. The Balaban J connectivity index is 1.78. The highest BCUT2D eigenvalue weighted by atomic mass is 35.5. The molecule has 0 aromatic heterocycles. The number of hydrogen-bond acceptors (Lipinski definition) is 3. The average Bonchev–Trinajstić information content (AvgIpc) is 2.38. The second kappa shape index (κ2) is 4.94. The molecular weight excluding hydrogens is 264 g/mol. The summed E-state index contributed by atoms with van der Waals surface area (Å²) in [5, 5.41) is 3.14. The SMILES string of the molecule is O=C1CC[C@@H](N2CCc3ccc(Cl)cc3C2)C(=O)N1. The van der Waals surface area contributed by atoms with Gasteiger partial charge in [-0.3, -0.25) is 19.8 Å². The molecule has 0 spiro atoms. The number of rotatable bonds is 1. The van der Waals surface area contributed by atoms with Crippen LogP contribution < -0.4 is 5.32 Å². The molecular formula is C14H15ClN2O2. The minimum absolute atomic E-state index is 0.165. The lowest BCUT2D eigenvalue weighted by molar-refractivity contribution is -0.137. The summed E-state index contributed by atoms with van der Waals surface area (Å²) < 4.78 is 0. The lowest BCUT2D eigenvalue weighted by Crippen LogP contribution is -2.53. The molecule has 1 fully saturated rings. The molecule has 1 saturated heterocycles. The Morgan fingerprint density at radius 3 is 2.84 bits per heavy atom. The van der Waals surface area contributed by atoms with Crippen LogP contribution in [0.5, 0.6) is 0 Å². The fourth-order valence-corrected chi connectivity index (χ4v) is 3.04. The molecule has 19 heavy (non-hydrogen) atoms. The average molecular weight is 279 g/mol. The van der Waals surface area contributed by atoms with Crippen LogP contribution in [-0.4, -0.2) is 29.3 Å². The van der Waals surface area contributed by atoms with Gasteiger partial charge in [-0.05, 0) is 36.1 Å². The largest absolute Gasteiger partial charge is 0.295 e. The normalized spacial score (nSPS) is 23.9. The lowest BCUT2D eigenvalue weighted by Gasteiger charge is -2.36. The zero-order valence-corrected chi connectivity index (χ0v) is 11.2. The van der Waals surface area contributed by atoms with Gasteiger partial charge in [0.1, 0.15) is 0 Å². The Morgan fingerprint density at radius 1 is 1.21 bits per heavy atom. The maximum absolute atomic E-state index is 11.9. The van der Waals surface area contributed by atoms with Gasteiger partial charge in [-0.2, -0.15) is 0 Å². The van der Waals surface area contributed by atoms with E-state index < -0.39 is 0 Å². The van der Waals surface area contributed by atoms with Crippen LogP contribution in [0.25, 0.3) is 0 Å². The van der Waals surface area contributed by atoms with Crippen LogP contribution in [0.4, 0.5) is 0 Å². The molecule has 0 unspecified atom stereocenters. The molecule has 1 N–H and O–H groups in total. The van der Waals surface area contributed by atoms with E-state index in [1.807, 2.05) is 12.1 Å². The molecule has 2 heterocycles. The zero-order chi connectivity index (χ0) is 13.4. The van der Waals surface area contributed by atoms with Gasteiger partial charge in [-0.25, -0.2) is 0 Å². The molecule has 0 radical (unpaired) electrons. The molecule has 1 atom stereocenters. The molecule has 1 aromatic rings. The molecule has 3 rings (SSSR count). The molecule has 1 aromatic carbocycles. The summed E-state index contributed by atoms with van der Waals surface area (Å²) in [6.07, 6.45) is 1.96. The number of fused-ring (bicyclic) bond motifs is 1. The number of nitrogens with one attached hydrogen (secondary N) is 1. The summed E-state index contributed by atoms with van der Waals surface area (Å²) in [5.74, 6) is -0.330. The van der Waals surface area contributed by atoms with E-state index in [1.165, 1.54) is 11.1 Å². The van der Waals surface area contributed by atoms with E-state index in [2.05, 4.69) is 16.3 Å². The number of nitrogens with zero attached hydrogens (tertiary/aromatic N) is 1. The van der Waals surface area contributed by atoms with Gasteiger partial charge in [0.25, 0.3) is 0 Å². The van der Waals surface area contributed by atoms with Crippen molar-refractivity contribution in [2.24, 2.45) is 0 Å². The number of benzene rings is 1. The van der Waals surface area contributed by atoms with E-state index in [0.717, 1.165) is 24.5 Å². The number of carbonyl (C=O) groups excluding carboxylic acids is 2. The number of amides is 2. The van der Waals surface area contributed by atoms with E-state index in [-0.39, 0.29) is 17.9 Å². The van der Waals surface area contributed by atoms with E-state index in [0.29, 0.717) is 12.8 Å². The first-order valence-electron chi connectivity index (χ1n) is 6.48. The maximum Gasteiger partial charge on any atom is 0.243 e. The highest BCUT2D eigenvalue weighted by Crippen LogP contribution is 2.25. The van der Waals surface area contributed by atoms with Crippen molar-refractivity contribution in [1.82, 2.24) is 10.2 Å². The topological polar surface area (TPSA) is 49.4 Å². The highest BCUT2D eigenvalue weighted by Gasteiger charge is 2.33. The van der Waals surface area contributed by atoms with Crippen LogP contribution in [-0.2, 0) is 22.6 Å². The third-order valence-corrected chi connectivity index (χ3v) is 4.10. The maximum atomic E-state index is 11.9. The third kappa shape index (κ3) is 2.51. The Kier molecular flexibility index (Phi) is 3.29. The van der Waals surface area contributed by atoms with E-state index in [4.69, 9.17) is 11.6 Å². The van der Waals surface area contributed by atoms with Crippen molar-refractivity contribution >= 4 is 23.4 Å². The van der Waals surface area contributed by atoms with Gasteiger partial charge in [-0.15, -0.1) is 0 Å². The van der Waals surface area contributed by atoms with E-state index in [1.54, 1.807) is 0 Å². The van der Waals surface area contributed by atoms with Crippen molar-refractivity contribution in [3.8, 4) is 0 Å². The van der Waals surface area contributed by atoms with Gasteiger partial charge in [0.15, 0.2) is 0 Å². The monoisotopic (exact) mass is 278 g/mol. The number of carbonyl (C=O) groups is 2. The quantitative estimate of drug-likeness (QED) is 0.792. The summed E-state index contributed by atoms with van der Waals surface area (Å²) in [4.78, 5) is 25.2. The molecule has 5 heteroatoms. The van der Waals surface area contributed by atoms with E-state index in [9.17, 15) is 9.59 Å². The number of imide groups is 1.